The van der Waals surface area contributed by atoms with Crippen molar-refractivity contribution in [3.63, 3.8) is 0 Å². The molecule has 0 aromatic rings. The maximum atomic E-state index is 2.19. The molecular weight excluding hydrogens is 64.1 g/mol. The lowest BCUT2D eigenvalue weighted by atomic mass is 10.6. The van der Waals surface area contributed by atoms with Crippen molar-refractivity contribution in [3.8, 4) is 0 Å². The highest BCUT2D eigenvalue weighted by molar-refractivity contribution is 6.09. The predicted molar refractivity (Wildman–Crippen MR) is 24.7 cm³/mol. The van der Waals surface area contributed by atoms with Gasteiger partial charge in [-0.15, -0.1) is 0 Å². The molecule has 0 nitrogen and oxygen atoms in total. The lowest BCUT2D eigenvalue weighted by Gasteiger charge is -1.67. The van der Waals surface area contributed by atoms with Gasteiger partial charge in [0.15, 0.2) is 0 Å². The van der Waals surface area contributed by atoms with Gasteiger partial charge in [0.05, 0.1) is 0 Å². The van der Waals surface area contributed by atoms with E-state index in [1.165, 1.54) is 16.3 Å². The Morgan fingerprint density at radius 3 is 2.25 bits per heavy atom. The molecule has 0 fully saturated rings. The molecule has 1 heteroatoms. The van der Waals surface area contributed by atoms with Crippen LogP contribution in [0.4, 0.5) is 0 Å². The Morgan fingerprint density at radius 1 is 2.00 bits per heavy atom. The summed E-state index contributed by atoms with van der Waals surface area (Å²) >= 11 is 0. The number of hydrogen-bond donors (Lipinski definition) is 0. The summed E-state index contributed by atoms with van der Waals surface area (Å²) in [6.45, 7) is 2.09. The first-order valence-electron chi connectivity index (χ1n) is 1.69. The van der Waals surface area contributed by atoms with Gasteiger partial charge in [0.1, 0.15) is 0 Å². The molecule has 0 aliphatic rings. The zero-order valence-electron chi connectivity index (χ0n) is 3.28. The predicted octanol–water partition coefficient (Wildman–Crippen LogP) is -0.00571. The van der Waals surface area contributed by atoms with Crippen LogP contribution in [0.1, 0.15) is 6.92 Å². The summed E-state index contributed by atoms with van der Waals surface area (Å²) in [4.78, 5) is 0. The molecule has 0 aromatic heterocycles. The summed E-state index contributed by atoms with van der Waals surface area (Å²) in [5.74, 6) is 0. The average Bonchev–Trinajstić information content (AvgIpc) is 1.37. The average molecular weight is 73.2 g/mol. The summed E-state index contributed by atoms with van der Waals surface area (Å²) in [6, 6.07) is 1.33. The molecule has 0 atom stereocenters. The third kappa shape index (κ3) is 2.22. The van der Waals surface area contributed by atoms with Crippen molar-refractivity contribution in [1.82, 2.24) is 0 Å². The van der Waals surface area contributed by atoms with Crippen molar-refractivity contribution in [2.75, 3.05) is 0 Å². The Labute approximate surface area is 30.6 Å². The van der Waals surface area contributed by atoms with Gasteiger partial charge >= 0.3 is 0 Å². The quantitative estimate of drug-likeness (QED) is 0.383. The highest BCUT2D eigenvalue weighted by Crippen LogP contribution is 1.71. The van der Waals surface area contributed by atoms with Crippen LogP contribution in [0.15, 0.2) is 0 Å². The van der Waals surface area contributed by atoms with Gasteiger partial charge in [-0.3, -0.25) is 0 Å². The monoisotopic (exact) mass is 73.0 g/mol. The first-order valence-corrected chi connectivity index (χ1v) is 3.11. The first kappa shape index (κ1) is 4.22. The van der Waals surface area contributed by atoms with E-state index in [4.69, 9.17) is 0 Å². The zero-order valence-corrected chi connectivity index (χ0v) is 5.28. The second-order valence-corrected chi connectivity index (χ2v) is 1.63. The Balaban J connectivity index is 1.97. The molecular formula is C3H9Si. The van der Waals surface area contributed by atoms with E-state index in [0.717, 1.165) is 0 Å². The molecule has 0 amide bonds. The maximum Gasteiger partial charge on any atom is 0.00314 e. The SMILES string of the molecule is C[CH]C[SiH3]. The molecule has 1 radical (unpaired) electrons. The number of hydrogen-bond acceptors (Lipinski definition) is 0. The lowest BCUT2D eigenvalue weighted by Crippen LogP contribution is -1.57. The van der Waals surface area contributed by atoms with Crippen LogP contribution in [0.3, 0.4) is 0 Å². The smallest absolute Gasteiger partial charge is 0.00314 e. The Hall–Kier alpha value is 0.217. The van der Waals surface area contributed by atoms with Crippen LogP contribution in [-0.4, -0.2) is 10.2 Å². The summed E-state index contributed by atoms with van der Waals surface area (Å²) in [7, 11) is 1.33. The molecule has 0 bridgehead atoms. The van der Waals surface area contributed by atoms with Crippen molar-refractivity contribution in [2.24, 2.45) is 0 Å². The van der Waals surface area contributed by atoms with Gasteiger partial charge in [0, 0.05) is 10.2 Å². The van der Waals surface area contributed by atoms with Gasteiger partial charge in [-0.05, 0) is 6.42 Å². The van der Waals surface area contributed by atoms with Crippen LogP contribution < -0.4 is 0 Å². The van der Waals surface area contributed by atoms with Crippen molar-refractivity contribution in [1.29, 1.82) is 0 Å². The summed E-state index contributed by atoms with van der Waals surface area (Å²) in [6.07, 6.45) is 2.19. The topological polar surface area (TPSA) is 0 Å². The van der Waals surface area contributed by atoms with Crippen molar-refractivity contribution >= 4 is 10.2 Å². The Bertz CT molecular complexity index is 5.25. The molecule has 0 aliphatic carbocycles. The molecule has 0 unspecified atom stereocenters. The normalized spacial score (nSPS) is 8.25. The van der Waals surface area contributed by atoms with Crippen LogP contribution >= 0.6 is 0 Å². The van der Waals surface area contributed by atoms with Gasteiger partial charge in [-0.2, -0.15) is 0 Å². The second-order valence-electron chi connectivity index (χ2n) is 0.816. The van der Waals surface area contributed by atoms with Crippen molar-refractivity contribution in [2.45, 2.75) is 13.0 Å². The summed E-state index contributed by atoms with van der Waals surface area (Å²) < 4.78 is 0. The lowest BCUT2D eigenvalue weighted by molar-refractivity contribution is 1.40. The van der Waals surface area contributed by atoms with Gasteiger partial charge in [-0.1, -0.05) is 13.0 Å². The minimum Gasteiger partial charge on any atom is -0.0631 e. The van der Waals surface area contributed by atoms with Gasteiger partial charge in [0.25, 0.3) is 0 Å². The maximum absolute atomic E-state index is 2.19. The third-order valence-corrected chi connectivity index (χ3v) is 1.22. The van der Waals surface area contributed by atoms with E-state index in [9.17, 15) is 0 Å². The van der Waals surface area contributed by atoms with E-state index < -0.39 is 0 Å². The minimum absolute atomic E-state index is 1.33. The van der Waals surface area contributed by atoms with Crippen LogP contribution in [0.2, 0.25) is 6.04 Å². The standard InChI is InChI=1S/C3H9Si/c1-2-3-4/h2H,3H2,1,4H3. The molecule has 4 heavy (non-hydrogen) atoms. The highest BCUT2D eigenvalue weighted by atomic mass is 28.1. The summed E-state index contributed by atoms with van der Waals surface area (Å²) in [5.41, 5.74) is 0. The molecule has 0 saturated carbocycles. The van der Waals surface area contributed by atoms with Crippen LogP contribution in [0, 0.1) is 6.42 Å². The minimum atomic E-state index is 1.33. The van der Waals surface area contributed by atoms with Crippen LogP contribution in [0.5, 0.6) is 0 Å². The van der Waals surface area contributed by atoms with Crippen molar-refractivity contribution in [3.05, 3.63) is 6.42 Å². The number of rotatable bonds is 1. The fourth-order valence-electron chi connectivity index (χ4n) is 0. The van der Waals surface area contributed by atoms with Crippen molar-refractivity contribution < 1.29 is 0 Å². The summed E-state index contributed by atoms with van der Waals surface area (Å²) in [5, 5.41) is 0. The fraction of sp³-hybridized carbons (Fsp3) is 0.667. The molecule has 0 aromatic carbocycles. The van der Waals surface area contributed by atoms with E-state index >= 15 is 0 Å². The van der Waals surface area contributed by atoms with E-state index in [1.807, 2.05) is 0 Å². The molecule has 0 heterocycles. The second kappa shape index (κ2) is 3.22. The first-order chi connectivity index (χ1) is 1.91. The van der Waals surface area contributed by atoms with Gasteiger partial charge < -0.3 is 0 Å². The molecule has 25 valence electrons. The molecule has 0 N–H and O–H groups in total. The Kier molecular flexibility index (Phi) is 3.39. The van der Waals surface area contributed by atoms with E-state index in [0.29, 0.717) is 0 Å². The Morgan fingerprint density at radius 2 is 2.25 bits per heavy atom. The zero-order chi connectivity index (χ0) is 3.41. The van der Waals surface area contributed by atoms with E-state index in [1.54, 1.807) is 0 Å². The molecule has 0 spiro atoms. The molecule has 0 saturated heterocycles. The van der Waals surface area contributed by atoms with Gasteiger partial charge in [0.2, 0.25) is 0 Å². The molecule has 0 rings (SSSR count). The van der Waals surface area contributed by atoms with Crippen LogP contribution in [0.25, 0.3) is 0 Å². The van der Waals surface area contributed by atoms with Gasteiger partial charge in [-0.25, -0.2) is 0 Å². The largest absolute Gasteiger partial charge is 0.0631 e. The van der Waals surface area contributed by atoms with Crippen LogP contribution in [-0.2, 0) is 0 Å². The van der Waals surface area contributed by atoms with E-state index in [2.05, 4.69) is 13.3 Å². The molecule has 0 aliphatic heterocycles. The highest BCUT2D eigenvalue weighted by Gasteiger charge is 1.57. The third-order valence-electron chi connectivity index (χ3n) is 0.408. The fourth-order valence-corrected chi connectivity index (χ4v) is 0. The van der Waals surface area contributed by atoms with E-state index in [-0.39, 0.29) is 0 Å².